The zero-order chi connectivity index (χ0) is 17.0. The second kappa shape index (κ2) is 6.91. The van der Waals surface area contributed by atoms with Gasteiger partial charge in [0, 0.05) is 0 Å². The van der Waals surface area contributed by atoms with Crippen LogP contribution in [0.15, 0.2) is 33.7 Å². The van der Waals surface area contributed by atoms with Gasteiger partial charge in [-0.15, -0.1) is 0 Å². The minimum absolute atomic E-state index is 0.148. The summed E-state index contributed by atoms with van der Waals surface area (Å²) in [6.07, 6.45) is 0.148. The van der Waals surface area contributed by atoms with E-state index in [1.165, 1.54) is 12.1 Å². The van der Waals surface area contributed by atoms with Crippen molar-refractivity contribution in [3.05, 3.63) is 41.5 Å². The maximum Gasteiger partial charge on any atom is 0.246 e. The van der Waals surface area contributed by atoms with Crippen LogP contribution in [-0.2, 0) is 27.6 Å². The number of nitrogens with zero attached hydrogens (tertiary/aromatic N) is 2. The molecule has 1 aromatic carbocycles. The van der Waals surface area contributed by atoms with E-state index in [9.17, 15) is 13.2 Å². The first-order valence-electron chi connectivity index (χ1n) is 7.18. The molecule has 0 spiro atoms. The monoisotopic (exact) mass is 337 g/mol. The van der Waals surface area contributed by atoms with Crippen LogP contribution in [-0.4, -0.2) is 29.7 Å². The second-order valence-corrected chi connectivity index (χ2v) is 7.93. The van der Waals surface area contributed by atoms with Crippen molar-refractivity contribution in [2.45, 2.75) is 43.9 Å². The molecule has 1 heterocycles. The summed E-state index contributed by atoms with van der Waals surface area (Å²) in [4.78, 5) is 16.1. The number of hydrogen-bond acceptors (Lipinski definition) is 6. The summed E-state index contributed by atoms with van der Waals surface area (Å²) >= 11 is 0. The van der Waals surface area contributed by atoms with Crippen LogP contribution in [0.25, 0.3) is 0 Å². The molecule has 0 radical (unpaired) electrons. The molecule has 0 unspecified atom stereocenters. The molecule has 23 heavy (non-hydrogen) atoms. The first-order valence-corrected chi connectivity index (χ1v) is 8.72. The summed E-state index contributed by atoms with van der Waals surface area (Å²) in [5.41, 5.74) is 0.729. The lowest BCUT2D eigenvalue weighted by atomic mass is 10.1. The number of nitrogens with one attached hydrogen (secondary N) is 1. The number of aromatic nitrogens is 2. The van der Waals surface area contributed by atoms with Crippen molar-refractivity contribution in [2.75, 3.05) is 0 Å². The summed E-state index contributed by atoms with van der Waals surface area (Å²) in [5, 5.41) is 5.82. The highest BCUT2D eigenvalue weighted by Gasteiger charge is 2.18. The van der Waals surface area contributed by atoms with Gasteiger partial charge < -0.3 is 9.84 Å². The predicted octanol–water partition coefficient (Wildman–Crippen LogP) is 1.42. The maximum atomic E-state index is 12.0. The van der Waals surface area contributed by atoms with Gasteiger partial charge in [-0.05, 0) is 38.5 Å². The Labute approximate surface area is 135 Å². The Balaban J connectivity index is 1.94. The van der Waals surface area contributed by atoms with Gasteiger partial charge in [-0.25, -0.2) is 8.42 Å². The third-order valence-electron chi connectivity index (χ3n) is 3.24. The molecule has 1 amide bonds. The average Bonchev–Trinajstić information content (AvgIpc) is 2.91. The predicted molar refractivity (Wildman–Crippen MR) is 83.3 cm³/mol. The molecule has 0 aliphatic carbocycles. The van der Waals surface area contributed by atoms with Gasteiger partial charge in [-0.2, -0.15) is 4.98 Å². The Morgan fingerprint density at radius 3 is 2.43 bits per heavy atom. The van der Waals surface area contributed by atoms with E-state index in [0.717, 1.165) is 5.56 Å². The number of rotatable bonds is 6. The average molecular weight is 337 g/mol. The van der Waals surface area contributed by atoms with E-state index in [4.69, 9.17) is 4.52 Å². The van der Waals surface area contributed by atoms with Crippen LogP contribution in [0.4, 0.5) is 0 Å². The van der Waals surface area contributed by atoms with Crippen molar-refractivity contribution in [1.29, 1.82) is 0 Å². The van der Waals surface area contributed by atoms with E-state index in [1.54, 1.807) is 32.9 Å². The molecule has 0 aliphatic rings. The Morgan fingerprint density at radius 1 is 1.26 bits per heavy atom. The van der Waals surface area contributed by atoms with Crippen molar-refractivity contribution >= 4 is 15.7 Å². The maximum absolute atomic E-state index is 12.0. The molecule has 0 atom stereocenters. The number of carbonyl (C=O) groups excluding carboxylic acids is 1. The van der Waals surface area contributed by atoms with Crippen molar-refractivity contribution in [3.63, 3.8) is 0 Å². The highest BCUT2D eigenvalue weighted by Crippen LogP contribution is 2.16. The molecule has 0 saturated heterocycles. The van der Waals surface area contributed by atoms with Gasteiger partial charge in [0.1, 0.15) is 0 Å². The normalized spacial score (nSPS) is 11.7. The van der Waals surface area contributed by atoms with E-state index in [1.807, 2.05) is 0 Å². The molecule has 2 aromatic rings. The fourth-order valence-corrected chi connectivity index (χ4v) is 2.96. The number of hydrogen-bond donors (Lipinski definition) is 1. The largest absolute Gasteiger partial charge is 0.347 e. The van der Waals surface area contributed by atoms with E-state index in [2.05, 4.69) is 15.5 Å². The quantitative estimate of drug-likeness (QED) is 0.855. The summed E-state index contributed by atoms with van der Waals surface area (Å²) in [6.45, 7) is 5.13. The molecule has 0 fully saturated rings. The first-order chi connectivity index (χ1) is 10.8. The number of amides is 1. The van der Waals surface area contributed by atoms with E-state index in [0.29, 0.717) is 11.7 Å². The molecule has 124 valence electrons. The van der Waals surface area contributed by atoms with Crippen LogP contribution in [0.2, 0.25) is 0 Å². The van der Waals surface area contributed by atoms with Crippen LogP contribution >= 0.6 is 0 Å². The third kappa shape index (κ3) is 4.38. The topological polar surface area (TPSA) is 102 Å². The van der Waals surface area contributed by atoms with Crippen LogP contribution in [0.1, 0.15) is 31.1 Å². The van der Waals surface area contributed by atoms with Gasteiger partial charge in [-0.3, -0.25) is 4.79 Å². The highest BCUT2D eigenvalue weighted by molar-refractivity contribution is 7.92. The number of benzene rings is 1. The van der Waals surface area contributed by atoms with E-state index < -0.39 is 15.1 Å². The highest BCUT2D eigenvalue weighted by atomic mass is 32.2. The van der Waals surface area contributed by atoms with Gasteiger partial charge >= 0.3 is 0 Å². The fraction of sp³-hybridized carbons (Fsp3) is 0.400. The molecule has 2 rings (SSSR count). The minimum Gasteiger partial charge on any atom is -0.347 e. The first kappa shape index (κ1) is 17.1. The molecule has 0 saturated carbocycles. The summed E-state index contributed by atoms with van der Waals surface area (Å²) in [6, 6.07) is 6.34. The van der Waals surface area contributed by atoms with Crippen LogP contribution in [0.3, 0.4) is 0 Å². The fourth-order valence-electron chi connectivity index (χ4n) is 1.90. The molecule has 0 aliphatic heterocycles. The zero-order valence-electron chi connectivity index (χ0n) is 13.2. The van der Waals surface area contributed by atoms with Gasteiger partial charge in [0.05, 0.1) is 23.1 Å². The second-order valence-electron chi connectivity index (χ2n) is 5.43. The summed E-state index contributed by atoms with van der Waals surface area (Å²) < 4.78 is 28.9. The van der Waals surface area contributed by atoms with Gasteiger partial charge in [-0.1, -0.05) is 17.3 Å². The van der Waals surface area contributed by atoms with Crippen molar-refractivity contribution in [1.82, 2.24) is 15.5 Å². The summed E-state index contributed by atoms with van der Waals surface area (Å²) in [7, 11) is -3.29. The molecular formula is C15H19N3O4S. The Bertz CT molecular complexity index is 779. The van der Waals surface area contributed by atoms with Crippen LogP contribution in [0.5, 0.6) is 0 Å². The lowest BCUT2D eigenvalue weighted by molar-refractivity contribution is -0.120. The van der Waals surface area contributed by atoms with E-state index in [-0.39, 0.29) is 23.8 Å². The SMILES string of the molecule is Cc1noc(CNC(=O)Cc2ccc(S(=O)(=O)C(C)C)cc2)n1. The minimum atomic E-state index is -3.29. The Morgan fingerprint density at radius 2 is 1.91 bits per heavy atom. The lowest BCUT2D eigenvalue weighted by Crippen LogP contribution is -2.24. The standard InChI is InChI=1S/C15H19N3O4S/c1-10(2)23(20,21)13-6-4-12(5-7-13)8-14(19)16-9-15-17-11(3)18-22-15/h4-7,10H,8-9H2,1-3H3,(H,16,19). The van der Waals surface area contributed by atoms with Crippen molar-refractivity contribution < 1.29 is 17.7 Å². The third-order valence-corrected chi connectivity index (χ3v) is 5.41. The lowest BCUT2D eigenvalue weighted by Gasteiger charge is -2.08. The molecule has 1 aromatic heterocycles. The molecule has 7 nitrogen and oxygen atoms in total. The van der Waals surface area contributed by atoms with Gasteiger partial charge in [0.15, 0.2) is 15.7 Å². The molecule has 1 N–H and O–H groups in total. The van der Waals surface area contributed by atoms with Crippen molar-refractivity contribution in [2.24, 2.45) is 0 Å². The van der Waals surface area contributed by atoms with E-state index >= 15 is 0 Å². The smallest absolute Gasteiger partial charge is 0.246 e. The Hall–Kier alpha value is -2.22. The summed E-state index contributed by atoms with van der Waals surface area (Å²) in [5.74, 6) is 0.644. The molecule has 0 bridgehead atoms. The molecule has 8 heteroatoms. The Kier molecular flexibility index (Phi) is 5.15. The van der Waals surface area contributed by atoms with Gasteiger partial charge in [0.2, 0.25) is 11.8 Å². The molecular weight excluding hydrogens is 318 g/mol. The van der Waals surface area contributed by atoms with Gasteiger partial charge in [0.25, 0.3) is 0 Å². The zero-order valence-corrected chi connectivity index (χ0v) is 14.1. The number of aryl methyl sites for hydroxylation is 1. The number of sulfone groups is 1. The number of carbonyl (C=O) groups is 1. The van der Waals surface area contributed by atoms with Crippen LogP contribution in [0, 0.1) is 6.92 Å². The van der Waals surface area contributed by atoms with Crippen LogP contribution < -0.4 is 5.32 Å². The van der Waals surface area contributed by atoms with Crippen molar-refractivity contribution in [3.8, 4) is 0 Å².